The minimum absolute atomic E-state index is 0.113. The second kappa shape index (κ2) is 6.28. The third-order valence-corrected chi connectivity index (χ3v) is 5.88. The summed E-state index contributed by atoms with van der Waals surface area (Å²) in [6, 6.07) is -0.270. The highest BCUT2D eigenvalue weighted by Crippen LogP contribution is 2.27. The minimum Gasteiger partial charge on any atom is -0.409 e. The fourth-order valence-corrected chi connectivity index (χ4v) is 4.79. The van der Waals surface area contributed by atoms with Crippen molar-refractivity contribution >= 4 is 16.0 Å². The monoisotopic (exact) mass is 304 g/mol. The summed E-state index contributed by atoms with van der Waals surface area (Å²) in [5.74, 6) is 0.294. The highest BCUT2D eigenvalue weighted by Gasteiger charge is 2.36. The lowest BCUT2D eigenvalue weighted by Gasteiger charge is -2.31. The molecule has 2 aliphatic rings. The highest BCUT2D eigenvalue weighted by atomic mass is 32.2. The van der Waals surface area contributed by atoms with Crippen molar-refractivity contribution in [2.24, 2.45) is 22.7 Å². The molecule has 0 aromatic heterocycles. The van der Waals surface area contributed by atoms with Crippen LogP contribution in [-0.4, -0.2) is 42.9 Å². The molecule has 116 valence electrons. The maximum absolute atomic E-state index is 12.4. The van der Waals surface area contributed by atoms with Gasteiger partial charge in [0.15, 0.2) is 0 Å². The maximum atomic E-state index is 12.4. The Kier molecular flexibility index (Phi) is 4.87. The van der Waals surface area contributed by atoms with Gasteiger partial charge in [0.05, 0.1) is 0 Å². The Morgan fingerprint density at radius 2 is 2.10 bits per heavy atom. The van der Waals surface area contributed by atoms with Gasteiger partial charge in [-0.05, 0) is 31.6 Å². The van der Waals surface area contributed by atoms with Crippen LogP contribution >= 0.6 is 0 Å². The largest absolute Gasteiger partial charge is 0.409 e. The molecule has 1 aliphatic heterocycles. The molecule has 0 spiro atoms. The highest BCUT2D eigenvalue weighted by molar-refractivity contribution is 7.87. The van der Waals surface area contributed by atoms with E-state index in [4.69, 9.17) is 10.9 Å². The molecule has 0 aromatic carbocycles. The predicted molar refractivity (Wildman–Crippen MR) is 76.6 cm³/mol. The van der Waals surface area contributed by atoms with Crippen molar-refractivity contribution < 1.29 is 13.6 Å². The molecule has 0 amide bonds. The lowest BCUT2D eigenvalue weighted by molar-refractivity contribution is 0.275. The number of nitrogens with zero attached hydrogens (tertiary/aromatic N) is 2. The Labute approximate surface area is 120 Å². The summed E-state index contributed by atoms with van der Waals surface area (Å²) in [4.78, 5) is 0. The van der Waals surface area contributed by atoms with Crippen LogP contribution in [-0.2, 0) is 10.2 Å². The lowest BCUT2D eigenvalue weighted by atomic mass is 10.0. The van der Waals surface area contributed by atoms with E-state index >= 15 is 0 Å². The summed E-state index contributed by atoms with van der Waals surface area (Å²) in [5, 5.41) is 11.8. The Bertz CT molecular complexity index is 465. The van der Waals surface area contributed by atoms with Gasteiger partial charge in [-0.1, -0.05) is 18.5 Å². The molecule has 7 nitrogen and oxygen atoms in total. The van der Waals surface area contributed by atoms with Crippen LogP contribution in [0, 0.1) is 11.8 Å². The van der Waals surface area contributed by atoms with E-state index in [-0.39, 0.29) is 17.8 Å². The standard InChI is InChI=1S/C12H24N4O3S/c1-9-4-3-7-16(8-9)20(18,19)15-11-6-2-5-10(11)12(13)14-17/h9-11,15,17H,2-8H2,1H3,(H2,13,14). The first kappa shape index (κ1) is 15.5. The first-order valence-electron chi connectivity index (χ1n) is 7.19. The normalized spacial score (nSPS) is 33.5. The quantitative estimate of drug-likeness (QED) is 0.303. The van der Waals surface area contributed by atoms with Crippen molar-refractivity contribution in [3.63, 3.8) is 0 Å². The summed E-state index contributed by atoms with van der Waals surface area (Å²) >= 11 is 0. The number of hydrogen-bond acceptors (Lipinski definition) is 4. The zero-order valence-corrected chi connectivity index (χ0v) is 12.6. The maximum Gasteiger partial charge on any atom is 0.279 e. The Morgan fingerprint density at radius 1 is 1.35 bits per heavy atom. The van der Waals surface area contributed by atoms with E-state index in [0.29, 0.717) is 19.0 Å². The van der Waals surface area contributed by atoms with Crippen molar-refractivity contribution in [3.8, 4) is 0 Å². The van der Waals surface area contributed by atoms with Crippen molar-refractivity contribution in [1.29, 1.82) is 0 Å². The van der Waals surface area contributed by atoms with E-state index in [1.54, 1.807) is 0 Å². The molecule has 4 N–H and O–H groups in total. The number of nitrogens with two attached hydrogens (primary N) is 1. The molecule has 1 saturated carbocycles. The van der Waals surface area contributed by atoms with E-state index in [9.17, 15) is 8.42 Å². The molecule has 3 atom stereocenters. The fraction of sp³-hybridized carbons (Fsp3) is 0.917. The summed E-state index contributed by atoms with van der Waals surface area (Å²) in [7, 11) is -3.48. The Morgan fingerprint density at radius 3 is 2.75 bits per heavy atom. The topological polar surface area (TPSA) is 108 Å². The molecule has 1 saturated heterocycles. The first-order valence-corrected chi connectivity index (χ1v) is 8.63. The molecular formula is C12H24N4O3S. The van der Waals surface area contributed by atoms with E-state index in [2.05, 4.69) is 16.8 Å². The van der Waals surface area contributed by atoms with Gasteiger partial charge >= 0.3 is 0 Å². The second-order valence-corrected chi connectivity index (χ2v) is 7.60. The molecule has 0 radical (unpaired) electrons. The number of oxime groups is 1. The SMILES string of the molecule is CC1CCCN(S(=O)(=O)NC2CCCC2C(N)=NO)C1. The molecule has 1 heterocycles. The van der Waals surface area contributed by atoms with Gasteiger partial charge in [0.1, 0.15) is 5.84 Å². The van der Waals surface area contributed by atoms with Crippen LogP contribution in [0.2, 0.25) is 0 Å². The van der Waals surface area contributed by atoms with Gasteiger partial charge in [0, 0.05) is 25.0 Å². The van der Waals surface area contributed by atoms with E-state index in [1.807, 2.05) is 0 Å². The molecule has 8 heteroatoms. The average Bonchev–Trinajstić information content (AvgIpc) is 2.85. The van der Waals surface area contributed by atoms with Gasteiger partial charge in [-0.25, -0.2) is 0 Å². The Hall–Kier alpha value is -0.860. The van der Waals surface area contributed by atoms with E-state index in [1.165, 1.54) is 4.31 Å². The average molecular weight is 304 g/mol. The van der Waals surface area contributed by atoms with Crippen LogP contribution in [0.3, 0.4) is 0 Å². The van der Waals surface area contributed by atoms with Crippen LogP contribution in [0.1, 0.15) is 39.0 Å². The number of nitrogens with one attached hydrogen (secondary N) is 1. The van der Waals surface area contributed by atoms with Gasteiger partial charge in [-0.3, -0.25) is 0 Å². The van der Waals surface area contributed by atoms with Gasteiger partial charge in [0.25, 0.3) is 10.2 Å². The summed E-state index contributed by atoms with van der Waals surface area (Å²) in [6.07, 6.45) is 4.33. The fourth-order valence-electron chi connectivity index (χ4n) is 3.16. The molecule has 1 aliphatic carbocycles. The number of rotatable bonds is 4. The van der Waals surface area contributed by atoms with Crippen LogP contribution < -0.4 is 10.5 Å². The van der Waals surface area contributed by atoms with Crippen LogP contribution in [0.25, 0.3) is 0 Å². The molecule has 0 bridgehead atoms. The molecular weight excluding hydrogens is 280 g/mol. The van der Waals surface area contributed by atoms with Crippen molar-refractivity contribution in [2.75, 3.05) is 13.1 Å². The van der Waals surface area contributed by atoms with Gasteiger partial charge in [0.2, 0.25) is 0 Å². The van der Waals surface area contributed by atoms with Crippen molar-refractivity contribution in [1.82, 2.24) is 9.03 Å². The van der Waals surface area contributed by atoms with Crippen LogP contribution in [0.4, 0.5) is 0 Å². The summed E-state index contributed by atoms with van der Waals surface area (Å²) in [5.41, 5.74) is 5.64. The van der Waals surface area contributed by atoms with Crippen LogP contribution in [0.15, 0.2) is 5.16 Å². The van der Waals surface area contributed by atoms with Crippen molar-refractivity contribution in [3.05, 3.63) is 0 Å². The van der Waals surface area contributed by atoms with Crippen LogP contribution in [0.5, 0.6) is 0 Å². The molecule has 3 unspecified atom stereocenters. The lowest BCUT2D eigenvalue weighted by Crippen LogP contribution is -2.51. The third kappa shape index (κ3) is 3.42. The zero-order chi connectivity index (χ0) is 14.8. The summed E-state index contributed by atoms with van der Waals surface area (Å²) in [6.45, 7) is 3.20. The molecule has 0 aromatic rings. The first-order chi connectivity index (χ1) is 9.44. The van der Waals surface area contributed by atoms with Gasteiger partial charge in [-0.15, -0.1) is 0 Å². The Balaban J connectivity index is 2.04. The smallest absolute Gasteiger partial charge is 0.279 e. The van der Waals surface area contributed by atoms with Gasteiger partial charge < -0.3 is 10.9 Å². The predicted octanol–water partition coefficient (Wildman–Crippen LogP) is 0.468. The van der Waals surface area contributed by atoms with Crippen molar-refractivity contribution in [2.45, 2.75) is 45.1 Å². The minimum atomic E-state index is -3.48. The molecule has 20 heavy (non-hydrogen) atoms. The van der Waals surface area contributed by atoms with Gasteiger partial charge in [-0.2, -0.15) is 17.4 Å². The van der Waals surface area contributed by atoms with E-state index < -0.39 is 10.2 Å². The number of hydrogen-bond donors (Lipinski definition) is 3. The zero-order valence-electron chi connectivity index (χ0n) is 11.8. The number of amidine groups is 1. The molecule has 2 rings (SSSR count). The second-order valence-electron chi connectivity index (χ2n) is 5.90. The summed E-state index contributed by atoms with van der Waals surface area (Å²) < 4.78 is 29.1. The third-order valence-electron chi connectivity index (χ3n) is 4.27. The molecule has 2 fully saturated rings. The van der Waals surface area contributed by atoms with E-state index in [0.717, 1.165) is 32.1 Å². The number of piperidine rings is 1.